The molecule has 1 heterocycles. The second-order valence-corrected chi connectivity index (χ2v) is 4.18. The summed E-state index contributed by atoms with van der Waals surface area (Å²) >= 11 is 5.81. The van der Waals surface area contributed by atoms with E-state index in [1.165, 1.54) is 0 Å². The lowest BCUT2D eigenvalue weighted by Crippen LogP contribution is -2.10. The average molecular weight is 250 g/mol. The number of carbonyl (C=O) groups is 1. The number of amides is 1. The van der Waals surface area contributed by atoms with Crippen molar-refractivity contribution in [2.45, 2.75) is 12.8 Å². The third-order valence-corrected chi connectivity index (χ3v) is 2.66. The maximum atomic E-state index is 10.7. The molecule has 1 aromatic carbocycles. The van der Waals surface area contributed by atoms with Crippen LogP contribution in [0.1, 0.15) is 12.2 Å². The fourth-order valence-electron chi connectivity index (χ4n) is 1.53. The summed E-state index contributed by atoms with van der Waals surface area (Å²) in [6.45, 7) is 0. The molecule has 0 fully saturated rings. The van der Waals surface area contributed by atoms with Gasteiger partial charge in [-0.2, -0.15) is 0 Å². The Hall–Kier alpha value is -1.74. The molecule has 0 bridgehead atoms. The van der Waals surface area contributed by atoms with Crippen molar-refractivity contribution in [2.24, 2.45) is 5.73 Å². The van der Waals surface area contributed by atoms with Crippen molar-refractivity contribution >= 4 is 17.5 Å². The first kappa shape index (κ1) is 11.7. The van der Waals surface area contributed by atoms with Gasteiger partial charge in [0.2, 0.25) is 5.91 Å². The lowest BCUT2D eigenvalue weighted by atomic mass is 10.2. The highest BCUT2D eigenvalue weighted by Crippen LogP contribution is 2.24. The molecule has 4 heteroatoms. The fourth-order valence-corrected chi connectivity index (χ4v) is 1.65. The Morgan fingerprint density at radius 3 is 2.53 bits per heavy atom. The van der Waals surface area contributed by atoms with Crippen LogP contribution >= 0.6 is 11.6 Å². The molecule has 0 spiro atoms. The Balaban J connectivity index is 2.12. The molecule has 2 aromatic rings. The van der Waals surface area contributed by atoms with Crippen LogP contribution in [0.4, 0.5) is 0 Å². The van der Waals surface area contributed by atoms with Gasteiger partial charge in [-0.05, 0) is 36.4 Å². The zero-order valence-electron chi connectivity index (χ0n) is 9.15. The van der Waals surface area contributed by atoms with Crippen molar-refractivity contribution in [3.63, 3.8) is 0 Å². The Morgan fingerprint density at radius 1 is 1.18 bits per heavy atom. The smallest absolute Gasteiger partial charge is 0.217 e. The van der Waals surface area contributed by atoms with Gasteiger partial charge in [0, 0.05) is 23.4 Å². The molecule has 0 saturated heterocycles. The summed E-state index contributed by atoms with van der Waals surface area (Å²) in [6.07, 6.45) is 0.830. The van der Waals surface area contributed by atoms with Crippen molar-refractivity contribution in [3.8, 4) is 11.3 Å². The van der Waals surface area contributed by atoms with Gasteiger partial charge in [0.1, 0.15) is 11.5 Å². The molecule has 3 nitrogen and oxygen atoms in total. The van der Waals surface area contributed by atoms with Crippen LogP contribution in [0.3, 0.4) is 0 Å². The van der Waals surface area contributed by atoms with Gasteiger partial charge in [-0.3, -0.25) is 4.79 Å². The molecule has 0 aliphatic heterocycles. The van der Waals surface area contributed by atoms with Crippen molar-refractivity contribution in [2.75, 3.05) is 0 Å². The molecular formula is C13H12ClNO2. The monoisotopic (exact) mass is 249 g/mol. The SMILES string of the molecule is NC(=O)CCc1ccc(-c2ccc(Cl)cc2)o1. The normalized spacial score (nSPS) is 10.4. The summed E-state index contributed by atoms with van der Waals surface area (Å²) in [6, 6.07) is 11.1. The van der Waals surface area contributed by atoms with E-state index < -0.39 is 0 Å². The van der Waals surface area contributed by atoms with Crippen LogP contribution in [-0.4, -0.2) is 5.91 Å². The average Bonchev–Trinajstić information content (AvgIpc) is 2.76. The van der Waals surface area contributed by atoms with E-state index in [1.807, 2.05) is 36.4 Å². The van der Waals surface area contributed by atoms with Crippen LogP contribution in [0.5, 0.6) is 0 Å². The van der Waals surface area contributed by atoms with Crippen LogP contribution < -0.4 is 5.73 Å². The Bertz CT molecular complexity index is 516. The van der Waals surface area contributed by atoms with E-state index in [0.717, 1.165) is 17.1 Å². The van der Waals surface area contributed by atoms with Crippen molar-refractivity contribution < 1.29 is 9.21 Å². The Morgan fingerprint density at radius 2 is 1.88 bits per heavy atom. The number of hydrogen-bond donors (Lipinski definition) is 1. The zero-order chi connectivity index (χ0) is 12.3. The first-order valence-electron chi connectivity index (χ1n) is 5.28. The van der Waals surface area contributed by atoms with Gasteiger partial charge in [0.25, 0.3) is 0 Å². The van der Waals surface area contributed by atoms with Gasteiger partial charge in [-0.15, -0.1) is 0 Å². The first-order chi connectivity index (χ1) is 8.15. The standard InChI is InChI=1S/C13H12ClNO2/c14-10-3-1-9(2-4-10)12-7-5-11(17-12)6-8-13(15)16/h1-5,7H,6,8H2,(H2,15,16). The molecule has 0 saturated carbocycles. The minimum absolute atomic E-state index is 0.299. The second kappa shape index (κ2) is 5.06. The van der Waals surface area contributed by atoms with E-state index >= 15 is 0 Å². The lowest BCUT2D eigenvalue weighted by Gasteiger charge is -1.97. The molecule has 88 valence electrons. The molecule has 17 heavy (non-hydrogen) atoms. The molecule has 0 aliphatic carbocycles. The number of benzene rings is 1. The topological polar surface area (TPSA) is 56.2 Å². The van der Waals surface area contributed by atoms with Crippen molar-refractivity contribution in [3.05, 3.63) is 47.2 Å². The van der Waals surface area contributed by atoms with Crippen LogP contribution in [0.25, 0.3) is 11.3 Å². The highest BCUT2D eigenvalue weighted by atomic mass is 35.5. The minimum atomic E-state index is -0.325. The molecule has 1 aromatic heterocycles. The van der Waals surface area contributed by atoms with Crippen molar-refractivity contribution in [1.82, 2.24) is 0 Å². The summed E-state index contributed by atoms with van der Waals surface area (Å²) in [7, 11) is 0. The van der Waals surface area contributed by atoms with Crippen LogP contribution in [0.15, 0.2) is 40.8 Å². The van der Waals surface area contributed by atoms with Crippen LogP contribution in [-0.2, 0) is 11.2 Å². The quantitative estimate of drug-likeness (QED) is 0.906. The summed E-state index contributed by atoms with van der Waals surface area (Å²) < 4.78 is 5.61. The summed E-state index contributed by atoms with van der Waals surface area (Å²) in [5.41, 5.74) is 6.04. The number of halogens is 1. The van der Waals surface area contributed by atoms with E-state index in [-0.39, 0.29) is 5.91 Å². The van der Waals surface area contributed by atoms with E-state index in [9.17, 15) is 4.79 Å². The Kier molecular flexibility index (Phi) is 3.49. The molecule has 0 atom stereocenters. The molecular weight excluding hydrogens is 238 g/mol. The third kappa shape index (κ3) is 3.11. The molecule has 2 rings (SSSR count). The van der Waals surface area contributed by atoms with E-state index in [2.05, 4.69) is 0 Å². The van der Waals surface area contributed by atoms with Gasteiger partial charge in [0.15, 0.2) is 0 Å². The summed E-state index contributed by atoms with van der Waals surface area (Å²) in [5, 5.41) is 0.689. The summed E-state index contributed by atoms with van der Waals surface area (Å²) in [4.78, 5) is 10.7. The number of nitrogens with two attached hydrogens (primary N) is 1. The fraction of sp³-hybridized carbons (Fsp3) is 0.154. The van der Waals surface area contributed by atoms with E-state index in [1.54, 1.807) is 0 Å². The number of aryl methyl sites for hydroxylation is 1. The number of primary amides is 1. The van der Waals surface area contributed by atoms with Gasteiger partial charge in [-0.25, -0.2) is 0 Å². The third-order valence-electron chi connectivity index (χ3n) is 2.41. The van der Waals surface area contributed by atoms with Crippen molar-refractivity contribution in [1.29, 1.82) is 0 Å². The van der Waals surface area contributed by atoms with E-state index in [4.69, 9.17) is 21.8 Å². The molecule has 0 unspecified atom stereocenters. The predicted octanol–water partition coefficient (Wildman–Crippen LogP) is 3.02. The maximum absolute atomic E-state index is 10.7. The first-order valence-corrected chi connectivity index (χ1v) is 5.66. The van der Waals surface area contributed by atoms with Gasteiger partial charge in [0.05, 0.1) is 0 Å². The molecule has 0 aliphatic rings. The predicted molar refractivity (Wildman–Crippen MR) is 66.7 cm³/mol. The molecule has 2 N–H and O–H groups in total. The number of hydrogen-bond acceptors (Lipinski definition) is 2. The van der Waals surface area contributed by atoms with Gasteiger partial charge < -0.3 is 10.2 Å². The minimum Gasteiger partial charge on any atom is -0.461 e. The van der Waals surface area contributed by atoms with Gasteiger partial charge >= 0.3 is 0 Å². The largest absolute Gasteiger partial charge is 0.461 e. The lowest BCUT2D eigenvalue weighted by molar-refractivity contribution is -0.118. The van der Waals surface area contributed by atoms with Crippen LogP contribution in [0.2, 0.25) is 5.02 Å². The van der Waals surface area contributed by atoms with Crippen LogP contribution in [0, 0.1) is 0 Å². The molecule has 1 amide bonds. The molecule has 0 radical (unpaired) electrons. The van der Waals surface area contributed by atoms with Gasteiger partial charge in [-0.1, -0.05) is 11.6 Å². The zero-order valence-corrected chi connectivity index (χ0v) is 9.91. The maximum Gasteiger partial charge on any atom is 0.217 e. The Labute approximate surface area is 104 Å². The second-order valence-electron chi connectivity index (χ2n) is 3.74. The number of furan rings is 1. The van der Waals surface area contributed by atoms with E-state index in [0.29, 0.717) is 17.9 Å². The number of rotatable bonds is 4. The summed E-state index contributed by atoms with van der Waals surface area (Å²) in [5.74, 6) is 1.20. The highest BCUT2D eigenvalue weighted by molar-refractivity contribution is 6.30. The highest BCUT2D eigenvalue weighted by Gasteiger charge is 2.05. The number of carbonyl (C=O) groups excluding carboxylic acids is 1.